The van der Waals surface area contributed by atoms with E-state index in [4.69, 9.17) is 5.53 Å². The van der Waals surface area contributed by atoms with E-state index in [1.54, 1.807) is 0 Å². The molecule has 6 heteroatoms. The van der Waals surface area contributed by atoms with Crippen molar-refractivity contribution in [3.8, 4) is 0 Å². The average Bonchev–Trinajstić information content (AvgIpc) is 2.34. The van der Waals surface area contributed by atoms with Gasteiger partial charge in [-0.1, -0.05) is 0 Å². The number of carbonyl (C=O) groups excluding carboxylic acids is 1. The highest BCUT2D eigenvalue weighted by molar-refractivity contribution is 6.45. The van der Waals surface area contributed by atoms with E-state index in [0.717, 1.165) is 0 Å². The van der Waals surface area contributed by atoms with Crippen molar-refractivity contribution in [3.05, 3.63) is 5.53 Å². The molecule has 1 N–H and O–H groups in total. The van der Waals surface area contributed by atoms with Crippen LogP contribution in [0, 0.1) is 0 Å². The van der Waals surface area contributed by atoms with Gasteiger partial charge in [0, 0.05) is 6.92 Å². The largest absolute Gasteiger partial charge is 0.497 e. The van der Waals surface area contributed by atoms with Crippen molar-refractivity contribution in [1.82, 2.24) is 5.32 Å². The predicted molar refractivity (Wildman–Crippen MR) is 38.4 cm³/mol. The molecule has 11 heavy (non-hydrogen) atoms. The van der Waals surface area contributed by atoms with E-state index in [-0.39, 0.29) is 17.6 Å². The topological polar surface area (TPSA) is 90.2 Å². The van der Waals surface area contributed by atoms with E-state index in [1.165, 1.54) is 13.3 Å². The average molecular weight is 151 g/mol. The Balaban J connectivity index is 2.77. The maximum absolute atomic E-state index is 10.5. The van der Waals surface area contributed by atoms with Crippen molar-refractivity contribution in [1.29, 1.82) is 0 Å². The lowest BCUT2D eigenvalue weighted by Gasteiger charge is -1.92. The third-order valence-corrected chi connectivity index (χ3v) is 0.968. The molecule has 0 fully saturated rings. The molecule has 1 amide bonds. The van der Waals surface area contributed by atoms with Crippen molar-refractivity contribution in [2.24, 2.45) is 9.98 Å². The molecule has 1 aliphatic heterocycles. The number of rotatable bonds is 0. The minimum absolute atomic E-state index is 0.0141. The number of nitrogens with one attached hydrogen (secondary N) is 1. The zero-order chi connectivity index (χ0) is 8.27. The molecule has 0 spiro atoms. The van der Waals surface area contributed by atoms with Gasteiger partial charge in [-0.25, -0.2) is 0 Å². The van der Waals surface area contributed by atoms with Crippen LogP contribution in [0.5, 0.6) is 0 Å². The fourth-order valence-electron chi connectivity index (χ4n) is 0.588. The Kier molecular flexibility index (Phi) is 1.89. The molecule has 0 aromatic carbocycles. The summed E-state index contributed by atoms with van der Waals surface area (Å²) < 4.78 is 0. The Morgan fingerprint density at radius 2 is 2.55 bits per heavy atom. The van der Waals surface area contributed by atoms with Crippen LogP contribution in [0.4, 0.5) is 0 Å². The summed E-state index contributed by atoms with van der Waals surface area (Å²) in [6.45, 7) is 1.33. The van der Waals surface area contributed by atoms with Crippen LogP contribution in [-0.4, -0.2) is 28.7 Å². The first-order valence-corrected chi connectivity index (χ1v) is 2.84. The first-order chi connectivity index (χ1) is 5.24. The van der Waals surface area contributed by atoms with Gasteiger partial charge in [0.15, 0.2) is 0 Å². The number of carbonyl (C=O) groups is 1. The Morgan fingerprint density at radius 3 is 3.09 bits per heavy atom. The van der Waals surface area contributed by atoms with E-state index in [9.17, 15) is 4.79 Å². The summed E-state index contributed by atoms with van der Waals surface area (Å²) in [5.74, 6) is -0.101. The predicted octanol–water partition coefficient (Wildman–Crippen LogP) is -0.809. The summed E-state index contributed by atoms with van der Waals surface area (Å²) >= 11 is 0. The van der Waals surface area contributed by atoms with Gasteiger partial charge in [-0.05, 0) is 4.99 Å². The van der Waals surface area contributed by atoms with Crippen LogP contribution in [0.2, 0.25) is 0 Å². The summed E-state index contributed by atoms with van der Waals surface area (Å²) in [6.07, 6.45) is 1.19. The van der Waals surface area contributed by atoms with Gasteiger partial charge in [0.2, 0.25) is 18.1 Å². The molecule has 0 bridgehead atoms. The fourth-order valence-corrected chi connectivity index (χ4v) is 0.588. The van der Waals surface area contributed by atoms with Crippen molar-refractivity contribution >= 4 is 23.9 Å². The second-order valence-electron chi connectivity index (χ2n) is 1.83. The molecule has 6 nitrogen and oxygen atoms in total. The third-order valence-electron chi connectivity index (χ3n) is 0.968. The second-order valence-corrected chi connectivity index (χ2v) is 1.83. The Morgan fingerprint density at radius 1 is 1.82 bits per heavy atom. The Hall–Kier alpha value is -1.81. The Labute approximate surface area is 62.3 Å². The van der Waals surface area contributed by atoms with Crippen LogP contribution in [0.3, 0.4) is 0 Å². The summed E-state index contributed by atoms with van der Waals surface area (Å²) in [5, 5.41) is 2.34. The second kappa shape index (κ2) is 2.85. The molecular weight excluding hydrogens is 146 g/mol. The number of aliphatic imine (C=N–C) groups is 2. The normalized spacial score (nSPS) is 14.3. The number of amidine groups is 2. The number of amides is 1. The maximum Gasteiger partial charge on any atom is 0.446 e. The lowest BCUT2D eigenvalue weighted by molar-refractivity contribution is -0.117. The molecule has 0 atom stereocenters. The quantitative estimate of drug-likeness (QED) is 0.356. The van der Waals surface area contributed by atoms with Crippen LogP contribution < -0.4 is 5.32 Å². The molecule has 0 aromatic rings. The highest BCUT2D eigenvalue weighted by Gasteiger charge is 2.21. The van der Waals surface area contributed by atoms with Gasteiger partial charge >= 0.3 is 5.84 Å². The Bertz CT molecular complexity index is 296. The van der Waals surface area contributed by atoms with Crippen LogP contribution in [0.1, 0.15) is 6.92 Å². The smallest absolute Gasteiger partial charge is 0.446 e. The molecule has 1 heterocycles. The summed E-state index contributed by atoms with van der Waals surface area (Å²) in [5.41, 5.74) is 8.29. The SMILES string of the molecule is CC(=O)NC1=NC=NC1=[N+]=[N-]. The van der Waals surface area contributed by atoms with Gasteiger partial charge in [-0.3, -0.25) is 4.79 Å². The molecule has 0 saturated heterocycles. The van der Waals surface area contributed by atoms with Gasteiger partial charge in [-0.2, -0.15) is 4.99 Å². The lowest BCUT2D eigenvalue weighted by atomic mass is 10.5. The van der Waals surface area contributed by atoms with Gasteiger partial charge in [0.25, 0.3) is 0 Å². The molecular formula is C5H5N5O. The summed E-state index contributed by atoms with van der Waals surface area (Å²) in [7, 11) is 0. The standard InChI is InChI=1S/C5H5N5O/c1-3(11)9-4-5(10-6)8-2-7-4/h2H,1H3,(H,7,8,9,11). The lowest BCUT2D eigenvalue weighted by Crippen LogP contribution is -2.32. The van der Waals surface area contributed by atoms with Crippen molar-refractivity contribution in [2.75, 3.05) is 0 Å². The molecule has 0 unspecified atom stereocenters. The molecule has 0 radical (unpaired) electrons. The molecule has 1 aliphatic rings. The number of hydrogen-bond acceptors (Lipinski definition) is 2. The van der Waals surface area contributed by atoms with Gasteiger partial charge in [0.1, 0.15) is 0 Å². The van der Waals surface area contributed by atoms with Crippen molar-refractivity contribution in [2.45, 2.75) is 6.92 Å². The van der Waals surface area contributed by atoms with Crippen LogP contribution in [0.25, 0.3) is 5.53 Å². The molecule has 0 aliphatic carbocycles. The first-order valence-electron chi connectivity index (χ1n) is 2.84. The maximum atomic E-state index is 10.5. The molecule has 56 valence electrons. The van der Waals surface area contributed by atoms with E-state index >= 15 is 0 Å². The van der Waals surface area contributed by atoms with Crippen LogP contribution in [-0.2, 0) is 4.79 Å². The fraction of sp³-hybridized carbons (Fsp3) is 0.200. The monoisotopic (exact) mass is 151 g/mol. The minimum atomic E-state index is -0.282. The van der Waals surface area contributed by atoms with Gasteiger partial charge < -0.3 is 15.6 Å². The zero-order valence-corrected chi connectivity index (χ0v) is 5.77. The van der Waals surface area contributed by atoms with E-state index < -0.39 is 0 Å². The van der Waals surface area contributed by atoms with Crippen molar-refractivity contribution < 1.29 is 9.58 Å². The molecule has 0 aromatic heterocycles. The zero-order valence-electron chi connectivity index (χ0n) is 5.77. The number of nitrogens with zero attached hydrogens (tertiary/aromatic N) is 4. The highest BCUT2D eigenvalue weighted by Crippen LogP contribution is 1.87. The van der Waals surface area contributed by atoms with E-state index in [1.807, 2.05) is 0 Å². The minimum Gasteiger partial charge on any atom is -0.497 e. The summed E-state index contributed by atoms with van der Waals surface area (Å²) in [6, 6.07) is 0. The van der Waals surface area contributed by atoms with Crippen molar-refractivity contribution in [3.63, 3.8) is 0 Å². The van der Waals surface area contributed by atoms with Gasteiger partial charge in [-0.15, -0.1) is 0 Å². The molecule has 0 saturated carbocycles. The van der Waals surface area contributed by atoms with Crippen LogP contribution in [0.15, 0.2) is 9.98 Å². The summed E-state index contributed by atoms with van der Waals surface area (Å²) in [4.78, 5) is 20.4. The molecule has 1 rings (SSSR count). The third kappa shape index (κ3) is 1.56. The first kappa shape index (κ1) is 7.30. The number of hydrogen-bond donors (Lipinski definition) is 1. The van der Waals surface area contributed by atoms with E-state index in [0.29, 0.717) is 0 Å². The highest BCUT2D eigenvalue weighted by atomic mass is 16.1. The van der Waals surface area contributed by atoms with Crippen LogP contribution >= 0.6 is 0 Å². The van der Waals surface area contributed by atoms with E-state index in [2.05, 4.69) is 20.1 Å². The van der Waals surface area contributed by atoms with Gasteiger partial charge in [0.05, 0.1) is 0 Å².